The summed E-state index contributed by atoms with van der Waals surface area (Å²) in [6.07, 6.45) is 0. The Hall–Kier alpha value is -2.61. The van der Waals surface area contributed by atoms with Crippen LogP contribution in [0.2, 0.25) is 0 Å². The Kier molecular flexibility index (Phi) is 5.18. The number of amides is 2. The molecule has 2 N–H and O–H groups in total. The maximum atomic E-state index is 14.3. The number of carbonyl (C=O) groups excluding carboxylic acids is 1. The quantitative estimate of drug-likeness (QED) is 0.888. The van der Waals surface area contributed by atoms with E-state index in [9.17, 15) is 9.18 Å². The van der Waals surface area contributed by atoms with E-state index in [1.807, 2.05) is 11.8 Å². The molecule has 1 fully saturated rings. The van der Waals surface area contributed by atoms with Crippen LogP contribution < -0.4 is 15.5 Å². The maximum absolute atomic E-state index is 14.3. The smallest absolute Gasteiger partial charge is 0.319 e. The van der Waals surface area contributed by atoms with Crippen molar-refractivity contribution >= 4 is 17.4 Å². The van der Waals surface area contributed by atoms with Crippen LogP contribution in [0.4, 0.5) is 20.6 Å². The zero-order valence-corrected chi connectivity index (χ0v) is 14.3. The first kappa shape index (κ1) is 17.2. The van der Waals surface area contributed by atoms with Crippen molar-refractivity contribution in [2.45, 2.75) is 20.4 Å². The summed E-state index contributed by atoms with van der Waals surface area (Å²) in [4.78, 5) is 13.9. The van der Waals surface area contributed by atoms with Crippen LogP contribution in [0.3, 0.4) is 0 Å². The highest BCUT2D eigenvalue weighted by Gasteiger charge is 2.16. The molecule has 7 nitrogen and oxygen atoms in total. The first-order chi connectivity index (χ1) is 12.0. The van der Waals surface area contributed by atoms with E-state index >= 15 is 0 Å². The van der Waals surface area contributed by atoms with Crippen molar-refractivity contribution in [1.82, 2.24) is 10.5 Å². The van der Waals surface area contributed by atoms with Crippen LogP contribution in [-0.4, -0.2) is 37.5 Å². The molecule has 2 aromatic rings. The molecule has 0 unspecified atom stereocenters. The standard InChI is InChI=1S/C17H21FN4O3/c1-11-14(12(2)25-21-11)10-19-17(23)20-13-3-4-16(15(18)9-13)22-5-7-24-8-6-22/h3-4,9H,5-8,10H2,1-2H3,(H2,19,20,23). The van der Waals surface area contributed by atoms with E-state index in [1.54, 1.807) is 19.1 Å². The van der Waals surface area contributed by atoms with E-state index in [-0.39, 0.29) is 5.82 Å². The Balaban J connectivity index is 1.59. The summed E-state index contributed by atoms with van der Waals surface area (Å²) in [5, 5.41) is 9.18. The number of carbonyl (C=O) groups is 1. The second-order valence-corrected chi connectivity index (χ2v) is 5.88. The average Bonchev–Trinajstić information content (AvgIpc) is 2.92. The van der Waals surface area contributed by atoms with Crippen LogP contribution in [0, 0.1) is 19.7 Å². The van der Waals surface area contributed by atoms with Gasteiger partial charge in [0.05, 0.1) is 24.6 Å². The molecule has 8 heteroatoms. The van der Waals surface area contributed by atoms with Crippen LogP contribution >= 0.6 is 0 Å². The third-order valence-corrected chi connectivity index (χ3v) is 4.16. The maximum Gasteiger partial charge on any atom is 0.319 e. The second kappa shape index (κ2) is 7.52. The molecule has 2 heterocycles. The lowest BCUT2D eigenvalue weighted by atomic mass is 10.2. The number of aryl methyl sites for hydroxylation is 2. The summed E-state index contributed by atoms with van der Waals surface area (Å²) < 4.78 is 24.6. The molecule has 0 saturated carbocycles. The number of halogens is 1. The Morgan fingerprint density at radius 3 is 2.72 bits per heavy atom. The molecular formula is C17H21FN4O3. The third kappa shape index (κ3) is 4.08. The molecule has 1 aromatic carbocycles. The first-order valence-corrected chi connectivity index (χ1v) is 8.13. The van der Waals surface area contributed by atoms with Crippen molar-refractivity contribution in [3.63, 3.8) is 0 Å². The summed E-state index contributed by atoms with van der Waals surface area (Å²) in [5.41, 5.74) is 2.48. The zero-order valence-electron chi connectivity index (χ0n) is 14.3. The Bertz CT molecular complexity index is 737. The largest absolute Gasteiger partial charge is 0.378 e. The van der Waals surface area contributed by atoms with Gasteiger partial charge in [-0.25, -0.2) is 9.18 Å². The Morgan fingerprint density at radius 1 is 1.32 bits per heavy atom. The van der Waals surface area contributed by atoms with E-state index < -0.39 is 6.03 Å². The van der Waals surface area contributed by atoms with E-state index in [1.165, 1.54) is 6.07 Å². The third-order valence-electron chi connectivity index (χ3n) is 4.16. The molecule has 0 spiro atoms. The highest BCUT2D eigenvalue weighted by Crippen LogP contribution is 2.23. The number of aromatic nitrogens is 1. The molecular weight excluding hydrogens is 327 g/mol. The molecule has 134 valence electrons. The van der Waals surface area contributed by atoms with Crippen molar-refractivity contribution in [2.24, 2.45) is 0 Å². The molecule has 2 amide bonds. The lowest BCUT2D eigenvalue weighted by Gasteiger charge is -2.29. The highest BCUT2D eigenvalue weighted by molar-refractivity contribution is 5.89. The second-order valence-electron chi connectivity index (χ2n) is 5.88. The number of benzene rings is 1. The van der Waals surface area contributed by atoms with Crippen molar-refractivity contribution in [3.05, 3.63) is 41.0 Å². The van der Waals surface area contributed by atoms with Gasteiger partial charge in [-0.05, 0) is 32.0 Å². The molecule has 0 atom stereocenters. The normalized spacial score (nSPS) is 14.4. The number of hydrogen-bond donors (Lipinski definition) is 2. The van der Waals surface area contributed by atoms with Crippen molar-refractivity contribution < 1.29 is 18.4 Å². The average molecular weight is 348 g/mol. The fourth-order valence-electron chi connectivity index (χ4n) is 2.74. The monoisotopic (exact) mass is 348 g/mol. The van der Waals surface area contributed by atoms with Gasteiger partial charge >= 0.3 is 6.03 Å². The van der Waals surface area contributed by atoms with Gasteiger partial charge in [-0.3, -0.25) is 0 Å². The molecule has 3 rings (SSSR count). The van der Waals surface area contributed by atoms with Gasteiger partial charge in [0.2, 0.25) is 0 Å². The Labute approximate surface area is 145 Å². The van der Waals surface area contributed by atoms with Gasteiger partial charge in [0.25, 0.3) is 0 Å². The molecule has 0 bridgehead atoms. The minimum atomic E-state index is -0.418. The van der Waals surface area contributed by atoms with Gasteiger partial charge < -0.3 is 24.8 Å². The lowest BCUT2D eigenvalue weighted by molar-refractivity contribution is 0.122. The number of rotatable bonds is 4. The van der Waals surface area contributed by atoms with E-state index in [2.05, 4.69) is 15.8 Å². The van der Waals surface area contributed by atoms with E-state index in [4.69, 9.17) is 9.26 Å². The first-order valence-electron chi connectivity index (χ1n) is 8.13. The van der Waals surface area contributed by atoms with Crippen molar-refractivity contribution in [3.8, 4) is 0 Å². The molecule has 25 heavy (non-hydrogen) atoms. The van der Waals surface area contributed by atoms with Crippen LogP contribution in [0.25, 0.3) is 0 Å². The van der Waals surface area contributed by atoms with E-state index in [0.717, 1.165) is 11.3 Å². The predicted octanol–water partition coefficient (Wildman–Crippen LogP) is 2.59. The minimum Gasteiger partial charge on any atom is -0.378 e. The summed E-state index contributed by atoms with van der Waals surface area (Å²) in [7, 11) is 0. The number of nitrogens with one attached hydrogen (secondary N) is 2. The van der Waals surface area contributed by atoms with Crippen LogP contribution in [0.5, 0.6) is 0 Å². The Morgan fingerprint density at radius 2 is 2.08 bits per heavy atom. The minimum absolute atomic E-state index is 0.293. The van der Waals surface area contributed by atoms with Gasteiger partial charge in [-0.15, -0.1) is 0 Å². The lowest BCUT2D eigenvalue weighted by Crippen LogP contribution is -2.36. The van der Waals surface area contributed by atoms with Crippen LogP contribution in [0.1, 0.15) is 17.0 Å². The van der Waals surface area contributed by atoms with Gasteiger partial charge in [0.1, 0.15) is 11.6 Å². The number of nitrogens with zero attached hydrogens (tertiary/aromatic N) is 2. The van der Waals surface area contributed by atoms with Crippen LogP contribution in [-0.2, 0) is 11.3 Å². The number of anilines is 2. The SMILES string of the molecule is Cc1noc(C)c1CNC(=O)Nc1ccc(N2CCOCC2)c(F)c1. The van der Waals surface area contributed by atoms with Gasteiger partial charge in [0, 0.05) is 30.9 Å². The van der Waals surface area contributed by atoms with E-state index in [0.29, 0.717) is 50.0 Å². The molecule has 1 aliphatic heterocycles. The van der Waals surface area contributed by atoms with Gasteiger partial charge in [-0.1, -0.05) is 5.16 Å². The number of hydrogen-bond acceptors (Lipinski definition) is 5. The molecule has 1 aromatic heterocycles. The highest BCUT2D eigenvalue weighted by atomic mass is 19.1. The van der Waals surface area contributed by atoms with Crippen molar-refractivity contribution in [1.29, 1.82) is 0 Å². The molecule has 0 radical (unpaired) electrons. The number of ether oxygens (including phenoxy) is 1. The zero-order chi connectivity index (χ0) is 17.8. The summed E-state index contributed by atoms with van der Waals surface area (Å²) >= 11 is 0. The van der Waals surface area contributed by atoms with Gasteiger partial charge in [0.15, 0.2) is 0 Å². The van der Waals surface area contributed by atoms with Crippen molar-refractivity contribution in [2.75, 3.05) is 36.5 Å². The fourth-order valence-corrected chi connectivity index (χ4v) is 2.74. The summed E-state index contributed by atoms with van der Waals surface area (Å²) in [5.74, 6) is 0.295. The molecule has 1 saturated heterocycles. The topological polar surface area (TPSA) is 79.6 Å². The molecule has 0 aliphatic carbocycles. The number of urea groups is 1. The molecule has 1 aliphatic rings. The predicted molar refractivity (Wildman–Crippen MR) is 91.3 cm³/mol. The van der Waals surface area contributed by atoms with Crippen LogP contribution in [0.15, 0.2) is 22.7 Å². The fraction of sp³-hybridized carbons (Fsp3) is 0.412. The van der Waals surface area contributed by atoms with Gasteiger partial charge in [-0.2, -0.15) is 0 Å². The summed E-state index contributed by atoms with van der Waals surface area (Å²) in [6.45, 7) is 6.37. The number of morpholine rings is 1. The summed E-state index contributed by atoms with van der Waals surface area (Å²) in [6, 6.07) is 4.26.